The summed E-state index contributed by atoms with van der Waals surface area (Å²) >= 11 is 0. The van der Waals surface area contributed by atoms with E-state index in [2.05, 4.69) is 28.8 Å². The second kappa shape index (κ2) is 12.1. The van der Waals surface area contributed by atoms with E-state index in [1.165, 1.54) is 0 Å². The number of nitrogens with zero attached hydrogens (tertiary/aromatic N) is 4. The minimum Gasteiger partial charge on any atom is -0.488 e. The first-order chi connectivity index (χ1) is 16.4. The van der Waals surface area contributed by atoms with Gasteiger partial charge in [-0.15, -0.1) is 0 Å². The molecule has 3 rings (SSSR count). The fourth-order valence-electron chi connectivity index (χ4n) is 3.58. The zero-order valence-corrected chi connectivity index (χ0v) is 20.2. The number of hydrogen-bond acceptors (Lipinski definition) is 7. The largest absolute Gasteiger partial charge is 0.488 e. The summed E-state index contributed by atoms with van der Waals surface area (Å²) in [5.74, 6) is 0.185. The molecule has 34 heavy (non-hydrogen) atoms. The summed E-state index contributed by atoms with van der Waals surface area (Å²) in [6.45, 7) is 5.21. The highest BCUT2D eigenvalue weighted by atomic mass is 16.5. The SMILES string of the molecule is CC(C)n1nccc1-c1ncccc1COc1cccc(OC(=O)CCCCN(C)C)c1C=O. The molecule has 0 aliphatic rings. The summed E-state index contributed by atoms with van der Waals surface area (Å²) < 4.78 is 13.4. The first-order valence-electron chi connectivity index (χ1n) is 11.4. The predicted molar refractivity (Wildman–Crippen MR) is 130 cm³/mol. The monoisotopic (exact) mass is 464 g/mol. The smallest absolute Gasteiger partial charge is 0.311 e. The molecular weight excluding hydrogens is 432 g/mol. The molecule has 0 aliphatic carbocycles. The number of carbonyl (C=O) groups is 2. The fraction of sp³-hybridized carbons (Fsp3) is 0.385. The molecule has 0 fully saturated rings. The van der Waals surface area contributed by atoms with Crippen LogP contribution in [0.1, 0.15) is 55.1 Å². The van der Waals surface area contributed by atoms with E-state index < -0.39 is 0 Å². The minimum atomic E-state index is -0.365. The van der Waals surface area contributed by atoms with Gasteiger partial charge < -0.3 is 14.4 Å². The van der Waals surface area contributed by atoms with E-state index in [-0.39, 0.29) is 29.9 Å². The number of ether oxygens (including phenoxy) is 2. The standard InChI is InChI=1S/C26H32N4O4/c1-19(2)30-22(13-15-28-30)26-20(9-8-14-27-26)18-33-23-10-7-11-24(21(23)17-31)34-25(32)12-5-6-16-29(3)4/h7-11,13-15,17,19H,5-6,12,16,18H2,1-4H3. The van der Waals surface area contributed by atoms with Crippen molar-refractivity contribution in [1.82, 2.24) is 19.7 Å². The number of rotatable bonds is 12. The molecule has 0 atom stereocenters. The number of aromatic nitrogens is 3. The van der Waals surface area contributed by atoms with Gasteiger partial charge >= 0.3 is 5.97 Å². The lowest BCUT2D eigenvalue weighted by Crippen LogP contribution is -2.14. The number of unbranched alkanes of at least 4 members (excludes halogenated alkanes) is 1. The summed E-state index contributed by atoms with van der Waals surface area (Å²) in [6, 6.07) is 10.9. The van der Waals surface area contributed by atoms with Crippen LogP contribution >= 0.6 is 0 Å². The van der Waals surface area contributed by atoms with Crippen molar-refractivity contribution in [1.29, 1.82) is 0 Å². The molecule has 0 N–H and O–H groups in total. The lowest BCUT2D eigenvalue weighted by molar-refractivity contribution is -0.134. The Morgan fingerprint density at radius 2 is 1.88 bits per heavy atom. The van der Waals surface area contributed by atoms with E-state index in [1.807, 2.05) is 37.0 Å². The van der Waals surface area contributed by atoms with Crippen LogP contribution in [0.2, 0.25) is 0 Å². The number of hydrogen-bond donors (Lipinski definition) is 0. The molecule has 0 aliphatic heterocycles. The van der Waals surface area contributed by atoms with Gasteiger partial charge in [0.2, 0.25) is 0 Å². The molecular formula is C26H32N4O4. The van der Waals surface area contributed by atoms with Crippen molar-refractivity contribution in [3.05, 3.63) is 59.9 Å². The lowest BCUT2D eigenvalue weighted by atomic mass is 10.1. The molecule has 3 aromatic rings. The van der Waals surface area contributed by atoms with Crippen LogP contribution in [0.25, 0.3) is 11.4 Å². The molecule has 2 heterocycles. The quantitative estimate of drug-likeness (QED) is 0.168. The van der Waals surface area contributed by atoms with Gasteiger partial charge in [-0.2, -0.15) is 5.10 Å². The van der Waals surface area contributed by atoms with Gasteiger partial charge in [-0.05, 0) is 71.6 Å². The summed E-state index contributed by atoms with van der Waals surface area (Å²) in [5.41, 5.74) is 2.72. The average molecular weight is 465 g/mol. The topological polar surface area (TPSA) is 86.6 Å². The van der Waals surface area contributed by atoms with Gasteiger partial charge in [0.15, 0.2) is 6.29 Å². The van der Waals surface area contributed by atoms with Crippen molar-refractivity contribution >= 4 is 12.3 Å². The Morgan fingerprint density at radius 3 is 2.62 bits per heavy atom. The molecule has 0 unspecified atom stereocenters. The van der Waals surface area contributed by atoms with Crippen LogP contribution in [0.3, 0.4) is 0 Å². The third-order valence-electron chi connectivity index (χ3n) is 5.28. The lowest BCUT2D eigenvalue weighted by Gasteiger charge is -2.15. The van der Waals surface area contributed by atoms with Crippen LogP contribution in [-0.2, 0) is 11.4 Å². The van der Waals surface area contributed by atoms with Crippen molar-refractivity contribution in [3.63, 3.8) is 0 Å². The number of aldehydes is 1. The van der Waals surface area contributed by atoms with Crippen molar-refractivity contribution in [2.75, 3.05) is 20.6 Å². The van der Waals surface area contributed by atoms with Crippen molar-refractivity contribution < 1.29 is 19.1 Å². The molecule has 1 aromatic carbocycles. The van der Waals surface area contributed by atoms with E-state index in [0.29, 0.717) is 18.5 Å². The second-order valence-electron chi connectivity index (χ2n) is 8.57. The van der Waals surface area contributed by atoms with E-state index in [9.17, 15) is 9.59 Å². The Labute approximate surface area is 200 Å². The molecule has 0 bridgehead atoms. The summed E-state index contributed by atoms with van der Waals surface area (Å²) in [7, 11) is 3.99. The zero-order chi connectivity index (χ0) is 24.5. The maximum atomic E-state index is 12.3. The van der Waals surface area contributed by atoms with Crippen molar-refractivity contribution in [2.24, 2.45) is 0 Å². The fourth-order valence-corrected chi connectivity index (χ4v) is 3.58. The Morgan fingerprint density at radius 1 is 1.09 bits per heavy atom. The van der Waals surface area contributed by atoms with Gasteiger partial charge in [-0.1, -0.05) is 12.1 Å². The summed E-state index contributed by atoms with van der Waals surface area (Å²) in [5, 5.41) is 4.39. The van der Waals surface area contributed by atoms with Gasteiger partial charge in [-0.25, -0.2) is 0 Å². The number of pyridine rings is 1. The van der Waals surface area contributed by atoms with Crippen LogP contribution < -0.4 is 9.47 Å². The highest BCUT2D eigenvalue weighted by Gasteiger charge is 2.17. The molecule has 0 spiro atoms. The maximum Gasteiger partial charge on any atom is 0.311 e. The van der Waals surface area contributed by atoms with Gasteiger partial charge in [0.1, 0.15) is 18.1 Å². The van der Waals surface area contributed by atoms with Crippen LogP contribution in [0.5, 0.6) is 11.5 Å². The van der Waals surface area contributed by atoms with Gasteiger partial charge in [-0.3, -0.25) is 19.3 Å². The number of carbonyl (C=O) groups excluding carboxylic acids is 2. The van der Waals surface area contributed by atoms with Gasteiger partial charge in [0.25, 0.3) is 0 Å². The van der Waals surface area contributed by atoms with Gasteiger partial charge in [0.05, 0.1) is 17.0 Å². The van der Waals surface area contributed by atoms with E-state index in [1.54, 1.807) is 30.6 Å². The Balaban J connectivity index is 1.72. The van der Waals surface area contributed by atoms with Crippen molar-refractivity contribution in [2.45, 2.75) is 45.8 Å². The Hall–Kier alpha value is -3.52. The number of esters is 1. The molecule has 0 saturated carbocycles. The molecule has 2 aromatic heterocycles. The Kier molecular flexibility index (Phi) is 8.93. The van der Waals surface area contributed by atoms with Crippen LogP contribution in [0.15, 0.2) is 48.8 Å². The normalized spacial score (nSPS) is 11.1. The number of benzene rings is 1. The maximum absolute atomic E-state index is 12.3. The molecule has 0 radical (unpaired) electrons. The van der Waals surface area contributed by atoms with Crippen LogP contribution in [0, 0.1) is 0 Å². The van der Waals surface area contributed by atoms with Crippen molar-refractivity contribution in [3.8, 4) is 22.9 Å². The third kappa shape index (κ3) is 6.51. The molecule has 8 nitrogen and oxygen atoms in total. The first kappa shape index (κ1) is 25.1. The third-order valence-corrected chi connectivity index (χ3v) is 5.28. The van der Waals surface area contributed by atoms with E-state index in [4.69, 9.17) is 9.47 Å². The van der Waals surface area contributed by atoms with Crippen LogP contribution in [0.4, 0.5) is 0 Å². The van der Waals surface area contributed by atoms with E-state index in [0.717, 1.165) is 36.3 Å². The molecule has 0 amide bonds. The summed E-state index contributed by atoms with van der Waals surface area (Å²) in [6.07, 6.45) is 6.04. The van der Waals surface area contributed by atoms with Gasteiger partial charge in [0, 0.05) is 30.4 Å². The molecule has 180 valence electrons. The molecule has 8 heteroatoms. The second-order valence-corrected chi connectivity index (χ2v) is 8.57. The molecule has 0 saturated heterocycles. The predicted octanol–water partition coefficient (Wildman–Crippen LogP) is 4.55. The van der Waals surface area contributed by atoms with Crippen LogP contribution in [-0.4, -0.2) is 52.6 Å². The highest BCUT2D eigenvalue weighted by molar-refractivity contribution is 5.86. The van der Waals surface area contributed by atoms with E-state index >= 15 is 0 Å². The first-order valence-corrected chi connectivity index (χ1v) is 11.4. The zero-order valence-electron chi connectivity index (χ0n) is 20.2. The minimum absolute atomic E-state index is 0.177. The average Bonchev–Trinajstić information content (AvgIpc) is 3.31. The Bertz CT molecular complexity index is 1110. The summed E-state index contributed by atoms with van der Waals surface area (Å²) in [4.78, 5) is 30.7. The highest BCUT2D eigenvalue weighted by Crippen LogP contribution is 2.29.